The van der Waals surface area contributed by atoms with Crippen molar-refractivity contribution < 1.29 is 14.0 Å². The number of halogens is 1. The van der Waals surface area contributed by atoms with Crippen molar-refractivity contribution in [1.29, 1.82) is 0 Å². The van der Waals surface area contributed by atoms with Crippen LogP contribution in [0.3, 0.4) is 0 Å². The Morgan fingerprint density at radius 3 is 2.19 bits per heavy atom. The lowest BCUT2D eigenvalue weighted by Gasteiger charge is -2.26. The summed E-state index contributed by atoms with van der Waals surface area (Å²) >= 11 is 0. The summed E-state index contributed by atoms with van der Waals surface area (Å²) in [6.07, 6.45) is 1.33. The molecule has 0 fully saturated rings. The van der Waals surface area contributed by atoms with Gasteiger partial charge in [-0.05, 0) is 24.3 Å². The van der Waals surface area contributed by atoms with Gasteiger partial charge in [-0.25, -0.2) is 4.39 Å². The van der Waals surface area contributed by atoms with Crippen LogP contribution in [0, 0.1) is 5.82 Å². The van der Waals surface area contributed by atoms with Crippen molar-refractivity contribution in [2.75, 3.05) is 11.9 Å². The molecule has 0 bridgehead atoms. The number of hydrogen-bond acceptors (Lipinski definition) is 3. The van der Waals surface area contributed by atoms with Gasteiger partial charge in [-0.1, -0.05) is 24.3 Å². The molecule has 2 aromatic rings. The molecule has 104 valence electrons. The highest BCUT2D eigenvalue weighted by molar-refractivity contribution is 6.50. The SMILES string of the molecule is CN(C1=CC(=O)C(=O)c2ccccc21)c1ccc(F)cc1. The Morgan fingerprint density at radius 2 is 1.52 bits per heavy atom. The van der Waals surface area contributed by atoms with Crippen molar-refractivity contribution in [2.24, 2.45) is 0 Å². The number of benzene rings is 2. The zero-order valence-electron chi connectivity index (χ0n) is 11.3. The van der Waals surface area contributed by atoms with E-state index in [4.69, 9.17) is 0 Å². The number of allylic oxidation sites excluding steroid dienone is 1. The molecule has 0 amide bonds. The Labute approximate surface area is 121 Å². The molecule has 4 heteroatoms. The normalized spacial score (nSPS) is 13.7. The van der Waals surface area contributed by atoms with Crippen molar-refractivity contribution in [1.82, 2.24) is 0 Å². The van der Waals surface area contributed by atoms with Crippen LogP contribution in [0.5, 0.6) is 0 Å². The summed E-state index contributed by atoms with van der Waals surface area (Å²) in [5, 5.41) is 0. The van der Waals surface area contributed by atoms with Crippen LogP contribution in [0.15, 0.2) is 54.6 Å². The van der Waals surface area contributed by atoms with Crippen LogP contribution in [0.2, 0.25) is 0 Å². The minimum absolute atomic E-state index is 0.323. The Morgan fingerprint density at radius 1 is 0.905 bits per heavy atom. The minimum Gasteiger partial charge on any atom is -0.344 e. The molecular weight excluding hydrogens is 269 g/mol. The van der Waals surface area contributed by atoms with Crippen LogP contribution in [0.4, 0.5) is 10.1 Å². The molecule has 2 aromatic carbocycles. The van der Waals surface area contributed by atoms with Gasteiger partial charge in [-0.2, -0.15) is 0 Å². The summed E-state index contributed by atoms with van der Waals surface area (Å²) in [6.45, 7) is 0. The van der Waals surface area contributed by atoms with E-state index in [2.05, 4.69) is 0 Å². The zero-order valence-corrected chi connectivity index (χ0v) is 11.3. The highest BCUT2D eigenvalue weighted by atomic mass is 19.1. The summed E-state index contributed by atoms with van der Waals surface area (Å²) in [5.41, 5.74) is 2.46. The summed E-state index contributed by atoms with van der Waals surface area (Å²) in [5.74, 6) is -1.36. The maximum absolute atomic E-state index is 13.0. The van der Waals surface area contributed by atoms with E-state index in [1.54, 1.807) is 42.3 Å². The lowest BCUT2D eigenvalue weighted by Crippen LogP contribution is -2.25. The predicted molar refractivity (Wildman–Crippen MR) is 78.6 cm³/mol. The molecule has 0 saturated carbocycles. The minimum atomic E-state index is -0.544. The molecule has 0 saturated heterocycles. The van der Waals surface area contributed by atoms with E-state index in [1.165, 1.54) is 18.2 Å². The van der Waals surface area contributed by atoms with Gasteiger partial charge in [0.15, 0.2) is 0 Å². The third-order valence-corrected chi connectivity index (χ3v) is 3.51. The molecule has 1 aliphatic carbocycles. The molecule has 0 heterocycles. The largest absolute Gasteiger partial charge is 0.344 e. The van der Waals surface area contributed by atoms with Crippen LogP contribution in [-0.2, 0) is 4.79 Å². The standard InChI is InChI=1S/C17H12FNO2/c1-19(12-8-6-11(18)7-9-12)15-10-16(20)17(21)14-5-3-2-4-13(14)15/h2-10H,1H3. The van der Waals surface area contributed by atoms with E-state index in [0.29, 0.717) is 16.8 Å². The van der Waals surface area contributed by atoms with Gasteiger partial charge in [0.05, 0.1) is 5.70 Å². The van der Waals surface area contributed by atoms with Crippen LogP contribution in [0.25, 0.3) is 5.70 Å². The first-order chi connectivity index (χ1) is 10.1. The van der Waals surface area contributed by atoms with Crippen molar-refractivity contribution in [3.8, 4) is 0 Å². The summed E-state index contributed by atoms with van der Waals surface area (Å²) in [7, 11) is 1.78. The number of rotatable bonds is 2. The van der Waals surface area contributed by atoms with Gasteiger partial charge in [0, 0.05) is 29.9 Å². The monoisotopic (exact) mass is 281 g/mol. The van der Waals surface area contributed by atoms with Crippen molar-refractivity contribution in [3.05, 3.63) is 71.6 Å². The molecule has 0 radical (unpaired) electrons. The average molecular weight is 281 g/mol. The fourth-order valence-electron chi connectivity index (χ4n) is 2.39. The van der Waals surface area contributed by atoms with Gasteiger partial charge in [-0.3, -0.25) is 9.59 Å². The number of carbonyl (C=O) groups is 2. The first kappa shape index (κ1) is 13.2. The van der Waals surface area contributed by atoms with E-state index in [9.17, 15) is 14.0 Å². The molecule has 0 atom stereocenters. The number of ketones is 2. The Balaban J connectivity index is 2.09. The predicted octanol–water partition coefficient (Wildman–Crippen LogP) is 3.07. The van der Waals surface area contributed by atoms with Crippen molar-refractivity contribution in [2.45, 2.75) is 0 Å². The first-order valence-electron chi connectivity index (χ1n) is 6.47. The zero-order chi connectivity index (χ0) is 15.0. The molecule has 0 aliphatic heterocycles. The Hall–Kier alpha value is -2.75. The summed E-state index contributed by atoms with van der Waals surface area (Å²) in [6, 6.07) is 12.9. The maximum atomic E-state index is 13.0. The molecule has 0 aromatic heterocycles. The Bertz CT molecular complexity index is 763. The second kappa shape index (κ2) is 4.98. The van der Waals surface area contributed by atoms with Gasteiger partial charge >= 0.3 is 0 Å². The van der Waals surface area contributed by atoms with Gasteiger partial charge < -0.3 is 4.90 Å². The molecule has 1 aliphatic rings. The molecule has 21 heavy (non-hydrogen) atoms. The van der Waals surface area contributed by atoms with Gasteiger partial charge in [0.25, 0.3) is 0 Å². The lowest BCUT2D eigenvalue weighted by atomic mass is 9.92. The second-order valence-corrected chi connectivity index (χ2v) is 4.80. The molecule has 3 nitrogen and oxygen atoms in total. The molecule has 0 unspecified atom stereocenters. The molecule has 3 rings (SSSR count). The maximum Gasteiger partial charge on any atom is 0.233 e. The van der Waals surface area contributed by atoms with Crippen molar-refractivity contribution >= 4 is 23.0 Å². The van der Waals surface area contributed by atoms with E-state index < -0.39 is 11.6 Å². The lowest BCUT2D eigenvalue weighted by molar-refractivity contribution is -0.111. The van der Waals surface area contributed by atoms with Gasteiger partial charge in [-0.15, -0.1) is 0 Å². The van der Waals surface area contributed by atoms with Crippen molar-refractivity contribution in [3.63, 3.8) is 0 Å². The van der Waals surface area contributed by atoms with Crippen LogP contribution >= 0.6 is 0 Å². The number of Topliss-reactive ketones (excluding diaryl/α,β-unsaturated/α-hetero) is 1. The summed E-state index contributed by atoms with van der Waals surface area (Å²) in [4.78, 5) is 25.5. The molecular formula is C17H12FNO2. The smallest absolute Gasteiger partial charge is 0.233 e. The van der Waals surface area contributed by atoms with E-state index in [1.807, 2.05) is 6.07 Å². The number of fused-ring (bicyclic) bond motifs is 1. The quantitative estimate of drug-likeness (QED) is 0.794. The fraction of sp³-hybridized carbons (Fsp3) is 0.0588. The Kier molecular flexibility index (Phi) is 3.14. The van der Waals surface area contributed by atoms with Crippen LogP contribution < -0.4 is 4.90 Å². The van der Waals surface area contributed by atoms with Crippen LogP contribution in [0.1, 0.15) is 15.9 Å². The highest BCUT2D eigenvalue weighted by Gasteiger charge is 2.27. The third kappa shape index (κ3) is 2.25. The number of nitrogens with zero attached hydrogens (tertiary/aromatic N) is 1. The van der Waals surface area contributed by atoms with E-state index in [-0.39, 0.29) is 5.82 Å². The van der Waals surface area contributed by atoms with Crippen LogP contribution in [-0.4, -0.2) is 18.6 Å². The number of anilines is 1. The highest BCUT2D eigenvalue weighted by Crippen LogP contribution is 2.30. The number of hydrogen-bond donors (Lipinski definition) is 0. The fourth-order valence-corrected chi connectivity index (χ4v) is 2.39. The first-order valence-corrected chi connectivity index (χ1v) is 6.47. The second-order valence-electron chi connectivity index (χ2n) is 4.80. The third-order valence-electron chi connectivity index (χ3n) is 3.51. The molecule has 0 N–H and O–H groups in total. The van der Waals surface area contributed by atoms with E-state index in [0.717, 1.165) is 5.69 Å². The average Bonchev–Trinajstić information content (AvgIpc) is 2.51. The molecule has 0 spiro atoms. The topological polar surface area (TPSA) is 37.4 Å². The van der Waals surface area contributed by atoms with Gasteiger partial charge in [0.2, 0.25) is 11.6 Å². The van der Waals surface area contributed by atoms with Gasteiger partial charge in [0.1, 0.15) is 5.82 Å². The number of carbonyl (C=O) groups excluding carboxylic acids is 2. The van der Waals surface area contributed by atoms with E-state index >= 15 is 0 Å². The summed E-state index contributed by atoms with van der Waals surface area (Å²) < 4.78 is 13.0.